The third-order valence-electron chi connectivity index (χ3n) is 2.23. The fourth-order valence-electron chi connectivity index (χ4n) is 0.333. The van der Waals surface area contributed by atoms with E-state index in [1.807, 2.05) is 0 Å². The molecule has 0 atom stereocenters. The Hall–Kier alpha value is 0. The highest BCUT2D eigenvalue weighted by atomic mass is 14.2. The molecule has 0 aromatic heterocycles. The minimum atomic E-state index is 0.417. The summed E-state index contributed by atoms with van der Waals surface area (Å²) in [6.45, 7) is 11.1. The van der Waals surface area contributed by atoms with E-state index in [0.717, 1.165) is 5.92 Å². The molecule has 0 aromatic rings. The molecule has 0 fully saturated rings. The van der Waals surface area contributed by atoms with Gasteiger partial charge in [0.15, 0.2) is 0 Å². The van der Waals surface area contributed by atoms with Crippen LogP contribution in [0.25, 0.3) is 0 Å². The third-order valence-corrected chi connectivity index (χ3v) is 2.23. The van der Waals surface area contributed by atoms with Crippen molar-refractivity contribution in [3.05, 3.63) is 6.42 Å². The Morgan fingerprint density at radius 2 is 1.62 bits per heavy atom. The van der Waals surface area contributed by atoms with E-state index >= 15 is 0 Å². The van der Waals surface area contributed by atoms with E-state index < -0.39 is 0 Å². The summed E-state index contributed by atoms with van der Waals surface area (Å²) in [5.74, 6) is 0.757. The van der Waals surface area contributed by atoms with Crippen molar-refractivity contribution in [2.75, 3.05) is 0 Å². The molecular weight excluding hydrogens is 96.1 g/mol. The molecule has 0 spiro atoms. The van der Waals surface area contributed by atoms with Crippen molar-refractivity contribution < 1.29 is 0 Å². The normalized spacial score (nSPS) is 12.8. The topological polar surface area (TPSA) is 0 Å². The van der Waals surface area contributed by atoms with E-state index in [0.29, 0.717) is 5.41 Å². The van der Waals surface area contributed by atoms with Crippen LogP contribution in [0.2, 0.25) is 0 Å². The van der Waals surface area contributed by atoms with Crippen molar-refractivity contribution in [3.63, 3.8) is 0 Å². The van der Waals surface area contributed by atoms with Gasteiger partial charge in [0.2, 0.25) is 0 Å². The van der Waals surface area contributed by atoms with E-state index in [1.165, 1.54) is 0 Å². The maximum absolute atomic E-state index is 2.26. The summed E-state index contributed by atoms with van der Waals surface area (Å²) in [5.41, 5.74) is 0.417. The van der Waals surface area contributed by atoms with Gasteiger partial charge in [-0.05, 0) is 17.8 Å². The Kier molecular flexibility index (Phi) is 2.52. The molecule has 1 radical (unpaired) electrons. The first kappa shape index (κ1) is 8.00. The van der Waals surface area contributed by atoms with Crippen molar-refractivity contribution in [2.24, 2.45) is 11.3 Å². The average molecular weight is 113 g/mol. The molecule has 0 saturated heterocycles. The summed E-state index contributed by atoms with van der Waals surface area (Å²) in [6.07, 6.45) is 2.26. The van der Waals surface area contributed by atoms with Gasteiger partial charge in [-0.1, -0.05) is 34.6 Å². The Bertz CT molecular complexity index is 60.4. The van der Waals surface area contributed by atoms with E-state index in [4.69, 9.17) is 0 Å². The highest BCUT2D eigenvalue weighted by molar-refractivity contribution is 4.83. The lowest BCUT2D eigenvalue weighted by atomic mass is 9.79. The van der Waals surface area contributed by atoms with Crippen molar-refractivity contribution in [3.8, 4) is 0 Å². The van der Waals surface area contributed by atoms with Gasteiger partial charge >= 0.3 is 0 Å². The monoisotopic (exact) mass is 113 g/mol. The Balaban J connectivity index is 3.71. The zero-order valence-electron chi connectivity index (χ0n) is 6.65. The first-order chi connectivity index (χ1) is 3.50. The molecule has 0 heterocycles. The van der Waals surface area contributed by atoms with Gasteiger partial charge < -0.3 is 0 Å². The quantitative estimate of drug-likeness (QED) is 0.516. The second-order valence-corrected chi connectivity index (χ2v) is 3.26. The molecule has 0 unspecified atom stereocenters. The second kappa shape index (κ2) is 2.52. The molecule has 0 rings (SSSR count). The maximum Gasteiger partial charge on any atom is -0.0303 e. The smallest absolute Gasteiger partial charge is 0.0303 e. The first-order valence-corrected chi connectivity index (χ1v) is 3.31. The molecule has 0 heteroatoms. The molecule has 0 N–H and O–H groups in total. The van der Waals surface area contributed by atoms with E-state index in [9.17, 15) is 0 Å². The van der Waals surface area contributed by atoms with Gasteiger partial charge in [0.05, 0.1) is 0 Å². The lowest BCUT2D eigenvalue weighted by molar-refractivity contribution is 0.304. The van der Waals surface area contributed by atoms with Gasteiger partial charge in [-0.2, -0.15) is 0 Å². The summed E-state index contributed by atoms with van der Waals surface area (Å²) in [5, 5.41) is 0. The fraction of sp³-hybridized carbons (Fsp3) is 0.875. The molecule has 0 nitrogen and oxygen atoms in total. The van der Waals surface area contributed by atoms with Crippen LogP contribution in [0.15, 0.2) is 0 Å². The van der Waals surface area contributed by atoms with Crippen LogP contribution in [-0.4, -0.2) is 0 Å². The summed E-state index contributed by atoms with van der Waals surface area (Å²) in [6, 6.07) is 0. The van der Waals surface area contributed by atoms with Gasteiger partial charge in [0.1, 0.15) is 0 Å². The standard InChI is InChI=1S/C8H17/c1-6-8(4,5)7(2)3/h6-7H,1-5H3. The molecule has 0 aliphatic heterocycles. The molecule has 0 amide bonds. The summed E-state index contributed by atoms with van der Waals surface area (Å²) < 4.78 is 0. The summed E-state index contributed by atoms with van der Waals surface area (Å²) in [7, 11) is 0. The van der Waals surface area contributed by atoms with Gasteiger partial charge in [-0.25, -0.2) is 0 Å². The van der Waals surface area contributed by atoms with E-state index in [1.54, 1.807) is 0 Å². The maximum atomic E-state index is 2.26. The zero-order valence-corrected chi connectivity index (χ0v) is 6.65. The van der Waals surface area contributed by atoms with Crippen molar-refractivity contribution in [2.45, 2.75) is 34.6 Å². The van der Waals surface area contributed by atoms with Crippen molar-refractivity contribution in [1.82, 2.24) is 0 Å². The minimum Gasteiger partial charge on any atom is -0.0623 e. The second-order valence-electron chi connectivity index (χ2n) is 3.26. The van der Waals surface area contributed by atoms with Crippen LogP contribution in [0.5, 0.6) is 0 Å². The van der Waals surface area contributed by atoms with Crippen LogP contribution in [-0.2, 0) is 0 Å². The Labute approximate surface area is 53.3 Å². The molecule has 0 aliphatic rings. The van der Waals surface area contributed by atoms with Gasteiger partial charge in [0.25, 0.3) is 0 Å². The number of hydrogen-bond acceptors (Lipinski definition) is 0. The van der Waals surface area contributed by atoms with Crippen LogP contribution in [0, 0.1) is 17.8 Å². The van der Waals surface area contributed by atoms with Gasteiger partial charge in [-0.3, -0.25) is 0 Å². The minimum absolute atomic E-state index is 0.417. The molecule has 0 aliphatic carbocycles. The Morgan fingerprint density at radius 3 is 1.62 bits per heavy atom. The Morgan fingerprint density at radius 1 is 1.25 bits per heavy atom. The molecule has 0 saturated carbocycles. The van der Waals surface area contributed by atoms with E-state index in [2.05, 4.69) is 41.0 Å². The van der Waals surface area contributed by atoms with Crippen LogP contribution in [0.3, 0.4) is 0 Å². The SMILES string of the molecule is C[CH]C(C)(C)C(C)C. The fourth-order valence-corrected chi connectivity index (χ4v) is 0.333. The largest absolute Gasteiger partial charge is 0.0623 e. The molecular formula is C8H17. The molecule has 0 bridgehead atoms. The van der Waals surface area contributed by atoms with Crippen LogP contribution in [0.1, 0.15) is 34.6 Å². The third kappa shape index (κ3) is 1.85. The van der Waals surface area contributed by atoms with Crippen molar-refractivity contribution >= 4 is 0 Å². The van der Waals surface area contributed by atoms with Crippen LogP contribution >= 0.6 is 0 Å². The lowest BCUT2D eigenvalue weighted by Crippen LogP contribution is -2.17. The average Bonchev–Trinajstić information content (AvgIpc) is 1.67. The van der Waals surface area contributed by atoms with E-state index in [-0.39, 0.29) is 0 Å². The summed E-state index contributed by atoms with van der Waals surface area (Å²) >= 11 is 0. The predicted octanol–water partition coefficient (Wildman–Crippen LogP) is 2.89. The van der Waals surface area contributed by atoms with Gasteiger partial charge in [-0.15, -0.1) is 0 Å². The van der Waals surface area contributed by atoms with Crippen LogP contribution < -0.4 is 0 Å². The van der Waals surface area contributed by atoms with Crippen LogP contribution in [0.4, 0.5) is 0 Å². The number of hydrogen-bond donors (Lipinski definition) is 0. The zero-order chi connectivity index (χ0) is 6.78. The molecule has 49 valence electrons. The lowest BCUT2D eigenvalue weighted by Gasteiger charge is -2.26. The molecule has 8 heavy (non-hydrogen) atoms. The first-order valence-electron chi connectivity index (χ1n) is 3.31. The molecule has 0 aromatic carbocycles. The predicted molar refractivity (Wildman–Crippen MR) is 38.6 cm³/mol. The summed E-state index contributed by atoms with van der Waals surface area (Å²) in [4.78, 5) is 0. The van der Waals surface area contributed by atoms with Gasteiger partial charge in [0, 0.05) is 0 Å². The highest BCUT2D eigenvalue weighted by Gasteiger charge is 2.18. The number of rotatable bonds is 2. The highest BCUT2D eigenvalue weighted by Crippen LogP contribution is 2.28. The van der Waals surface area contributed by atoms with Crippen molar-refractivity contribution in [1.29, 1.82) is 0 Å².